The normalized spacial score (nSPS) is 11.2. The molecule has 0 radical (unpaired) electrons. The van der Waals surface area contributed by atoms with Crippen molar-refractivity contribution in [2.24, 2.45) is 0 Å². The van der Waals surface area contributed by atoms with Crippen LogP contribution in [-0.4, -0.2) is 33.7 Å². The molecule has 1 rings (SSSR count). The zero-order valence-electron chi connectivity index (χ0n) is 11.7. The Morgan fingerprint density at radius 2 is 1.79 bits per heavy atom. The molecule has 0 aliphatic heterocycles. The summed E-state index contributed by atoms with van der Waals surface area (Å²) in [6, 6.07) is 8.25. The van der Waals surface area contributed by atoms with E-state index in [0.29, 0.717) is 12.5 Å². The fourth-order valence-electron chi connectivity index (χ4n) is 1.94. The molecular weight excluding hydrogens is 242 g/mol. The molecule has 4 heteroatoms. The standard InChI is InChI=1S/C15H23NO3/c1-12(2)16(9-3-4-15(18)19)10-13-5-7-14(11-17)8-6-13/h5-8,12,17H,3-4,9-11H2,1-2H3,(H,18,19). The Hall–Kier alpha value is -1.39. The Morgan fingerprint density at radius 3 is 2.26 bits per heavy atom. The molecule has 0 aromatic heterocycles. The first kappa shape index (κ1) is 15.7. The zero-order valence-corrected chi connectivity index (χ0v) is 11.7. The third-order valence-corrected chi connectivity index (χ3v) is 3.16. The number of rotatable bonds is 8. The van der Waals surface area contributed by atoms with E-state index < -0.39 is 5.97 Å². The van der Waals surface area contributed by atoms with Crippen LogP contribution in [-0.2, 0) is 17.9 Å². The van der Waals surface area contributed by atoms with Crippen LogP contribution in [0, 0.1) is 0 Å². The molecule has 0 fully saturated rings. The van der Waals surface area contributed by atoms with Gasteiger partial charge in [-0.1, -0.05) is 24.3 Å². The topological polar surface area (TPSA) is 60.8 Å². The Balaban J connectivity index is 2.54. The third-order valence-electron chi connectivity index (χ3n) is 3.16. The van der Waals surface area contributed by atoms with E-state index in [9.17, 15) is 4.79 Å². The van der Waals surface area contributed by atoms with E-state index in [1.165, 1.54) is 5.56 Å². The van der Waals surface area contributed by atoms with Crippen LogP contribution in [0.5, 0.6) is 0 Å². The number of hydrogen-bond donors (Lipinski definition) is 2. The molecule has 1 aromatic carbocycles. The van der Waals surface area contributed by atoms with Crippen LogP contribution in [0.15, 0.2) is 24.3 Å². The molecule has 0 atom stereocenters. The van der Waals surface area contributed by atoms with Crippen molar-refractivity contribution < 1.29 is 15.0 Å². The van der Waals surface area contributed by atoms with E-state index in [4.69, 9.17) is 10.2 Å². The summed E-state index contributed by atoms with van der Waals surface area (Å²) in [7, 11) is 0. The summed E-state index contributed by atoms with van der Waals surface area (Å²) >= 11 is 0. The van der Waals surface area contributed by atoms with Crippen LogP contribution in [0.2, 0.25) is 0 Å². The highest BCUT2D eigenvalue weighted by molar-refractivity contribution is 5.66. The molecule has 0 aliphatic rings. The van der Waals surface area contributed by atoms with Crippen LogP contribution in [0.25, 0.3) is 0 Å². The molecule has 0 heterocycles. The first-order chi connectivity index (χ1) is 9.02. The molecule has 0 aliphatic carbocycles. The number of carboxylic acid groups (broad SMARTS) is 1. The molecule has 0 saturated heterocycles. The SMILES string of the molecule is CC(C)N(CCCC(=O)O)Cc1ccc(CO)cc1. The second-order valence-electron chi connectivity index (χ2n) is 5.04. The van der Waals surface area contributed by atoms with Gasteiger partial charge in [0.15, 0.2) is 0 Å². The number of benzene rings is 1. The van der Waals surface area contributed by atoms with Gasteiger partial charge in [-0.05, 0) is 37.9 Å². The lowest BCUT2D eigenvalue weighted by atomic mass is 10.1. The predicted molar refractivity (Wildman–Crippen MR) is 74.8 cm³/mol. The monoisotopic (exact) mass is 265 g/mol. The van der Waals surface area contributed by atoms with E-state index >= 15 is 0 Å². The quantitative estimate of drug-likeness (QED) is 0.757. The number of nitrogens with zero attached hydrogens (tertiary/aromatic N) is 1. The fourth-order valence-corrected chi connectivity index (χ4v) is 1.94. The number of aliphatic carboxylic acids is 1. The van der Waals surface area contributed by atoms with Crippen molar-refractivity contribution in [1.82, 2.24) is 4.90 Å². The van der Waals surface area contributed by atoms with E-state index in [-0.39, 0.29) is 13.0 Å². The molecular formula is C15H23NO3. The van der Waals surface area contributed by atoms with Gasteiger partial charge in [-0.2, -0.15) is 0 Å². The van der Waals surface area contributed by atoms with Gasteiger partial charge in [0.1, 0.15) is 0 Å². The van der Waals surface area contributed by atoms with E-state index in [1.54, 1.807) is 0 Å². The Bertz CT molecular complexity index is 387. The third kappa shape index (κ3) is 5.85. The van der Waals surface area contributed by atoms with Crippen molar-refractivity contribution in [2.45, 2.75) is 45.9 Å². The van der Waals surface area contributed by atoms with Gasteiger partial charge in [0.25, 0.3) is 0 Å². The van der Waals surface area contributed by atoms with Crippen LogP contribution < -0.4 is 0 Å². The maximum atomic E-state index is 10.5. The first-order valence-electron chi connectivity index (χ1n) is 6.67. The Kier molecular flexibility index (Phi) is 6.53. The summed E-state index contributed by atoms with van der Waals surface area (Å²) in [5.41, 5.74) is 2.09. The van der Waals surface area contributed by atoms with Crippen molar-refractivity contribution in [2.75, 3.05) is 6.54 Å². The largest absolute Gasteiger partial charge is 0.481 e. The predicted octanol–water partition coefficient (Wildman–Crippen LogP) is 2.25. The number of carbonyl (C=O) groups is 1. The van der Waals surface area contributed by atoms with Crippen molar-refractivity contribution in [3.8, 4) is 0 Å². The van der Waals surface area contributed by atoms with Gasteiger partial charge in [0, 0.05) is 19.0 Å². The minimum atomic E-state index is -0.740. The number of aliphatic hydroxyl groups excluding tert-OH is 1. The smallest absolute Gasteiger partial charge is 0.303 e. The molecule has 4 nitrogen and oxygen atoms in total. The zero-order chi connectivity index (χ0) is 14.3. The summed E-state index contributed by atoms with van der Waals surface area (Å²) < 4.78 is 0. The van der Waals surface area contributed by atoms with Gasteiger partial charge < -0.3 is 10.2 Å². The molecule has 0 spiro atoms. The van der Waals surface area contributed by atoms with Crippen molar-refractivity contribution >= 4 is 5.97 Å². The van der Waals surface area contributed by atoms with Crippen LogP contribution in [0.1, 0.15) is 37.8 Å². The highest BCUT2D eigenvalue weighted by atomic mass is 16.4. The second kappa shape index (κ2) is 7.92. The van der Waals surface area contributed by atoms with Gasteiger partial charge in [-0.15, -0.1) is 0 Å². The summed E-state index contributed by atoms with van der Waals surface area (Å²) in [6.07, 6.45) is 0.884. The summed E-state index contributed by atoms with van der Waals surface area (Å²) in [4.78, 5) is 12.8. The second-order valence-corrected chi connectivity index (χ2v) is 5.04. The first-order valence-corrected chi connectivity index (χ1v) is 6.67. The minimum absolute atomic E-state index is 0.0623. The molecule has 0 unspecified atom stereocenters. The Morgan fingerprint density at radius 1 is 1.21 bits per heavy atom. The number of carboxylic acids is 1. The van der Waals surface area contributed by atoms with Crippen LogP contribution in [0.3, 0.4) is 0 Å². The molecule has 106 valence electrons. The van der Waals surface area contributed by atoms with Crippen molar-refractivity contribution in [3.63, 3.8) is 0 Å². The average Bonchev–Trinajstić information content (AvgIpc) is 2.37. The number of hydrogen-bond acceptors (Lipinski definition) is 3. The van der Waals surface area contributed by atoms with E-state index in [1.807, 2.05) is 24.3 Å². The highest BCUT2D eigenvalue weighted by Gasteiger charge is 2.10. The molecule has 2 N–H and O–H groups in total. The van der Waals surface area contributed by atoms with Gasteiger partial charge >= 0.3 is 5.97 Å². The van der Waals surface area contributed by atoms with E-state index in [0.717, 1.165) is 18.7 Å². The van der Waals surface area contributed by atoms with Gasteiger partial charge in [0.05, 0.1) is 6.61 Å². The van der Waals surface area contributed by atoms with Crippen LogP contribution in [0.4, 0.5) is 0 Å². The highest BCUT2D eigenvalue weighted by Crippen LogP contribution is 2.11. The van der Waals surface area contributed by atoms with Crippen LogP contribution >= 0.6 is 0 Å². The Labute approximate surface area is 114 Å². The molecule has 19 heavy (non-hydrogen) atoms. The van der Waals surface area contributed by atoms with E-state index in [2.05, 4.69) is 18.7 Å². The van der Waals surface area contributed by atoms with Crippen molar-refractivity contribution in [1.29, 1.82) is 0 Å². The molecule has 1 aromatic rings. The maximum Gasteiger partial charge on any atom is 0.303 e. The summed E-state index contributed by atoms with van der Waals surface area (Å²) in [5, 5.41) is 17.7. The lowest BCUT2D eigenvalue weighted by Gasteiger charge is -2.26. The van der Waals surface area contributed by atoms with Gasteiger partial charge in [-0.3, -0.25) is 9.69 Å². The number of aliphatic hydroxyl groups is 1. The summed E-state index contributed by atoms with van der Waals surface area (Å²) in [5.74, 6) is -0.740. The maximum absolute atomic E-state index is 10.5. The lowest BCUT2D eigenvalue weighted by Crippen LogP contribution is -2.31. The molecule has 0 bridgehead atoms. The lowest BCUT2D eigenvalue weighted by molar-refractivity contribution is -0.137. The summed E-state index contributed by atoms with van der Waals surface area (Å²) in [6.45, 7) is 5.88. The van der Waals surface area contributed by atoms with Gasteiger partial charge in [0.2, 0.25) is 0 Å². The average molecular weight is 265 g/mol. The van der Waals surface area contributed by atoms with Crippen molar-refractivity contribution in [3.05, 3.63) is 35.4 Å². The van der Waals surface area contributed by atoms with Gasteiger partial charge in [-0.25, -0.2) is 0 Å². The molecule has 0 saturated carbocycles. The molecule has 0 amide bonds. The fraction of sp³-hybridized carbons (Fsp3) is 0.533. The minimum Gasteiger partial charge on any atom is -0.481 e.